The van der Waals surface area contributed by atoms with E-state index in [2.05, 4.69) is 5.32 Å². The predicted molar refractivity (Wildman–Crippen MR) is 132 cm³/mol. The molecule has 1 aromatic heterocycles. The van der Waals surface area contributed by atoms with Crippen LogP contribution in [0.5, 0.6) is 0 Å². The normalized spacial score (nSPS) is 17.4. The summed E-state index contributed by atoms with van der Waals surface area (Å²) in [6, 6.07) is 23.0. The third-order valence-electron chi connectivity index (χ3n) is 5.28. The van der Waals surface area contributed by atoms with Crippen molar-refractivity contribution in [3.05, 3.63) is 78.4 Å². The van der Waals surface area contributed by atoms with E-state index >= 15 is 0 Å². The van der Waals surface area contributed by atoms with Crippen LogP contribution in [0.3, 0.4) is 0 Å². The number of carbonyl (C=O) groups is 1. The highest BCUT2D eigenvalue weighted by Crippen LogP contribution is 2.34. The lowest BCUT2D eigenvalue weighted by molar-refractivity contribution is 0.102. The van der Waals surface area contributed by atoms with Gasteiger partial charge >= 0.3 is 0 Å². The van der Waals surface area contributed by atoms with E-state index in [0.717, 1.165) is 25.7 Å². The second kappa shape index (κ2) is 8.69. The van der Waals surface area contributed by atoms with Crippen LogP contribution in [0, 0.1) is 0 Å². The fourth-order valence-corrected chi connectivity index (χ4v) is 8.30. The number of amides is 1. The lowest BCUT2D eigenvalue weighted by atomic mass is 10.1. The molecule has 1 saturated heterocycles. The molecule has 0 aliphatic carbocycles. The lowest BCUT2D eigenvalue weighted by Crippen LogP contribution is -2.14. The van der Waals surface area contributed by atoms with E-state index in [0.29, 0.717) is 17.7 Å². The van der Waals surface area contributed by atoms with Crippen molar-refractivity contribution in [1.29, 1.82) is 0 Å². The van der Waals surface area contributed by atoms with Gasteiger partial charge in [0.1, 0.15) is 5.01 Å². The van der Waals surface area contributed by atoms with Crippen LogP contribution < -0.4 is 5.32 Å². The van der Waals surface area contributed by atoms with Gasteiger partial charge in [0.2, 0.25) is 0 Å². The van der Waals surface area contributed by atoms with Crippen molar-refractivity contribution in [2.75, 3.05) is 16.8 Å². The first kappa shape index (κ1) is 21.2. The number of carbonyl (C=O) groups excluding carboxylic acids is 1. The topological polar surface area (TPSA) is 76.1 Å². The molecule has 1 aliphatic heterocycles. The van der Waals surface area contributed by atoms with Crippen molar-refractivity contribution >= 4 is 54.7 Å². The van der Waals surface area contributed by atoms with E-state index in [1.807, 2.05) is 66.7 Å². The van der Waals surface area contributed by atoms with Crippen LogP contribution in [-0.4, -0.2) is 36.1 Å². The average molecular weight is 481 g/mol. The molecule has 0 unspecified atom stereocenters. The Bertz CT molecular complexity index is 1380. The zero-order chi connectivity index (χ0) is 22.1. The zero-order valence-electron chi connectivity index (χ0n) is 17.0. The van der Waals surface area contributed by atoms with Gasteiger partial charge in [-0.3, -0.25) is 4.79 Å². The number of nitrogens with one attached hydrogen (secondary N) is 1. The molecule has 8 heteroatoms. The Labute approximate surface area is 194 Å². The molecule has 0 spiro atoms. The standard InChI is InChI=1S/C24H20N2O3S3/c27-23(19-8-1-3-10-21(19)30-18-12-13-32(28,29)15-18)25-17-7-5-6-16(14-17)24-26-20-9-2-4-11-22(20)31-24/h1-11,14,18H,12-13,15H2,(H,25,27)/t18-/m0/s1. The molecule has 5 nitrogen and oxygen atoms in total. The highest BCUT2D eigenvalue weighted by Gasteiger charge is 2.29. The molecule has 4 aromatic rings. The van der Waals surface area contributed by atoms with Gasteiger partial charge in [0, 0.05) is 21.4 Å². The average Bonchev–Trinajstić information content (AvgIpc) is 3.37. The number of thiazole rings is 1. The van der Waals surface area contributed by atoms with Gasteiger partial charge in [0.25, 0.3) is 5.91 Å². The van der Waals surface area contributed by atoms with Gasteiger partial charge in [-0.15, -0.1) is 23.1 Å². The summed E-state index contributed by atoms with van der Waals surface area (Å²) in [4.78, 5) is 18.6. The number of sulfone groups is 1. The van der Waals surface area contributed by atoms with E-state index in [4.69, 9.17) is 4.98 Å². The number of anilines is 1. The van der Waals surface area contributed by atoms with Gasteiger partial charge in [0.15, 0.2) is 9.84 Å². The molecule has 2 heterocycles. The van der Waals surface area contributed by atoms with Crippen molar-refractivity contribution < 1.29 is 13.2 Å². The predicted octanol–water partition coefficient (Wildman–Crippen LogP) is 5.49. The number of benzene rings is 3. The van der Waals surface area contributed by atoms with Gasteiger partial charge in [-0.2, -0.15) is 0 Å². The molecule has 1 fully saturated rings. The second-order valence-electron chi connectivity index (χ2n) is 7.66. The maximum atomic E-state index is 13.1. The smallest absolute Gasteiger partial charge is 0.256 e. The third kappa shape index (κ3) is 4.57. The van der Waals surface area contributed by atoms with Crippen LogP contribution in [0.4, 0.5) is 5.69 Å². The summed E-state index contributed by atoms with van der Waals surface area (Å²) in [6.45, 7) is 0. The monoisotopic (exact) mass is 480 g/mol. The first-order chi connectivity index (χ1) is 15.5. The number of aromatic nitrogens is 1. The van der Waals surface area contributed by atoms with Crippen LogP contribution in [0.25, 0.3) is 20.8 Å². The summed E-state index contributed by atoms with van der Waals surface area (Å²) in [5, 5.41) is 3.88. The number of fused-ring (bicyclic) bond motifs is 1. The maximum absolute atomic E-state index is 13.1. The molecule has 0 radical (unpaired) electrons. The summed E-state index contributed by atoms with van der Waals surface area (Å²) in [6.07, 6.45) is 0.618. The van der Waals surface area contributed by atoms with Crippen LogP contribution in [0.15, 0.2) is 77.7 Å². The van der Waals surface area contributed by atoms with Crippen LogP contribution in [0.2, 0.25) is 0 Å². The van der Waals surface area contributed by atoms with Crippen molar-refractivity contribution in [3.63, 3.8) is 0 Å². The minimum Gasteiger partial charge on any atom is -0.322 e. The Morgan fingerprint density at radius 2 is 1.84 bits per heavy atom. The highest BCUT2D eigenvalue weighted by atomic mass is 32.2. The molecule has 1 N–H and O–H groups in total. The quantitative estimate of drug-likeness (QED) is 0.408. The van der Waals surface area contributed by atoms with Gasteiger partial charge < -0.3 is 5.32 Å². The van der Waals surface area contributed by atoms with Gasteiger partial charge in [0.05, 0.1) is 27.3 Å². The Hall–Kier alpha value is -2.68. The molecular weight excluding hydrogens is 460 g/mol. The second-order valence-corrected chi connectivity index (χ2v) is 12.3. The zero-order valence-corrected chi connectivity index (χ0v) is 19.5. The maximum Gasteiger partial charge on any atom is 0.256 e. The summed E-state index contributed by atoms with van der Waals surface area (Å²) in [7, 11) is -2.96. The van der Waals surface area contributed by atoms with Crippen molar-refractivity contribution in [1.82, 2.24) is 4.98 Å². The van der Waals surface area contributed by atoms with Crippen LogP contribution >= 0.6 is 23.1 Å². The summed E-state index contributed by atoms with van der Waals surface area (Å²) < 4.78 is 24.7. The largest absolute Gasteiger partial charge is 0.322 e. The lowest BCUT2D eigenvalue weighted by Gasteiger charge is -2.13. The Kier molecular flexibility index (Phi) is 5.75. The minimum absolute atomic E-state index is 0.0173. The van der Waals surface area contributed by atoms with Gasteiger partial charge in [-0.05, 0) is 42.8 Å². The van der Waals surface area contributed by atoms with Gasteiger partial charge in [-0.25, -0.2) is 13.4 Å². The van der Waals surface area contributed by atoms with Crippen molar-refractivity contribution in [3.8, 4) is 10.6 Å². The fourth-order valence-electron chi connectivity index (χ4n) is 3.71. The van der Waals surface area contributed by atoms with Crippen LogP contribution in [-0.2, 0) is 9.84 Å². The third-order valence-corrected chi connectivity index (χ3v) is 9.69. The first-order valence-electron chi connectivity index (χ1n) is 10.2. The van der Waals surface area contributed by atoms with Crippen molar-refractivity contribution in [2.24, 2.45) is 0 Å². The molecule has 1 atom stereocenters. The van der Waals surface area contributed by atoms with Crippen LogP contribution in [0.1, 0.15) is 16.8 Å². The first-order valence-corrected chi connectivity index (χ1v) is 13.7. The van der Waals surface area contributed by atoms with E-state index in [-0.39, 0.29) is 22.7 Å². The molecule has 0 bridgehead atoms. The Balaban J connectivity index is 1.36. The number of hydrogen-bond donors (Lipinski definition) is 1. The van der Waals surface area contributed by atoms with E-state index < -0.39 is 9.84 Å². The van der Waals surface area contributed by atoms with Crippen molar-refractivity contribution in [2.45, 2.75) is 16.6 Å². The summed E-state index contributed by atoms with van der Waals surface area (Å²) in [5.41, 5.74) is 3.15. The SMILES string of the molecule is O=C(Nc1cccc(-c2nc3ccccc3s2)c1)c1ccccc1S[C@H]1CCS(=O)(=O)C1. The minimum atomic E-state index is -2.96. The number of nitrogens with zero attached hydrogens (tertiary/aromatic N) is 1. The summed E-state index contributed by atoms with van der Waals surface area (Å²) in [5.74, 6) is 0.172. The van der Waals surface area contributed by atoms with E-state index in [9.17, 15) is 13.2 Å². The fraction of sp³-hybridized carbons (Fsp3) is 0.167. The number of hydrogen-bond acceptors (Lipinski definition) is 6. The molecule has 1 aliphatic rings. The van der Waals surface area contributed by atoms with Gasteiger partial charge in [-0.1, -0.05) is 36.4 Å². The summed E-state index contributed by atoms with van der Waals surface area (Å²) >= 11 is 3.09. The molecular formula is C24H20N2O3S3. The number of para-hydroxylation sites is 1. The molecule has 3 aromatic carbocycles. The van der Waals surface area contributed by atoms with E-state index in [1.54, 1.807) is 17.4 Å². The molecule has 1 amide bonds. The Morgan fingerprint density at radius 1 is 1.03 bits per heavy atom. The van der Waals surface area contributed by atoms with E-state index in [1.165, 1.54) is 11.8 Å². The molecule has 0 saturated carbocycles. The molecule has 5 rings (SSSR count). The molecule has 32 heavy (non-hydrogen) atoms. The highest BCUT2D eigenvalue weighted by molar-refractivity contribution is 8.02. The molecule has 162 valence electrons. The number of thioether (sulfide) groups is 1. The Morgan fingerprint density at radius 3 is 2.66 bits per heavy atom. The number of rotatable bonds is 5.